The van der Waals surface area contributed by atoms with Gasteiger partial charge in [-0.25, -0.2) is 8.42 Å². The smallest absolute Gasteiger partial charge is 0.261 e. The highest BCUT2D eigenvalue weighted by Crippen LogP contribution is 2.37. The quantitative estimate of drug-likeness (QED) is 0.219. The van der Waals surface area contributed by atoms with Gasteiger partial charge in [0.2, 0.25) is 0 Å². The number of sulfone groups is 1. The van der Waals surface area contributed by atoms with Gasteiger partial charge in [-0.3, -0.25) is 0 Å². The maximum Gasteiger partial charge on any atom is 0.261 e. The summed E-state index contributed by atoms with van der Waals surface area (Å²) in [6, 6.07) is 28.3. The van der Waals surface area contributed by atoms with Gasteiger partial charge < -0.3 is 14.3 Å². The van der Waals surface area contributed by atoms with E-state index in [0.29, 0.717) is 30.8 Å². The SMILES string of the molecule is CC[C@@H]1O[C@@H](CCCO[Si](c2ccccc2)(c2ccccc2)C(C)(C)C)CC[C@@H](S(=O)(=O)c2ccc(C)cc2)C[C@H]1O. The monoisotopic (exact) mass is 608 g/mol. The first-order chi connectivity index (χ1) is 20.0. The summed E-state index contributed by atoms with van der Waals surface area (Å²) >= 11 is 0. The summed E-state index contributed by atoms with van der Waals surface area (Å²) in [4.78, 5) is 0.329. The Labute approximate surface area is 254 Å². The van der Waals surface area contributed by atoms with Crippen LogP contribution in [-0.4, -0.2) is 52.0 Å². The van der Waals surface area contributed by atoms with E-state index in [4.69, 9.17) is 9.16 Å². The van der Waals surface area contributed by atoms with Crippen molar-refractivity contribution in [1.82, 2.24) is 0 Å². The Balaban J connectivity index is 1.50. The third kappa shape index (κ3) is 7.25. The van der Waals surface area contributed by atoms with Crippen molar-refractivity contribution >= 4 is 28.5 Å². The zero-order valence-electron chi connectivity index (χ0n) is 25.8. The first kappa shape index (κ1) is 32.6. The maximum absolute atomic E-state index is 13.6. The van der Waals surface area contributed by atoms with Gasteiger partial charge in [-0.15, -0.1) is 0 Å². The van der Waals surface area contributed by atoms with Crippen molar-refractivity contribution in [3.05, 3.63) is 90.5 Å². The highest BCUT2D eigenvalue weighted by atomic mass is 32.2. The van der Waals surface area contributed by atoms with Crippen LogP contribution in [0.2, 0.25) is 5.04 Å². The second-order valence-corrected chi connectivity index (χ2v) is 19.3. The van der Waals surface area contributed by atoms with E-state index in [2.05, 4.69) is 69.3 Å². The van der Waals surface area contributed by atoms with Crippen LogP contribution in [0.25, 0.3) is 0 Å². The lowest BCUT2D eigenvalue weighted by atomic mass is 9.97. The fourth-order valence-electron chi connectivity index (χ4n) is 6.40. The Hall–Kier alpha value is -2.29. The number of aliphatic hydroxyl groups excluding tert-OH is 1. The van der Waals surface area contributed by atoms with E-state index in [1.54, 1.807) is 12.1 Å². The molecule has 1 aliphatic rings. The van der Waals surface area contributed by atoms with Crippen LogP contribution < -0.4 is 10.4 Å². The minimum atomic E-state index is -3.56. The second kappa shape index (κ2) is 14.0. The third-order valence-electron chi connectivity index (χ3n) is 8.71. The average molecular weight is 609 g/mol. The zero-order chi connectivity index (χ0) is 30.4. The predicted molar refractivity (Wildman–Crippen MR) is 174 cm³/mol. The molecule has 0 spiro atoms. The summed E-state index contributed by atoms with van der Waals surface area (Å²) in [5, 5.41) is 12.8. The van der Waals surface area contributed by atoms with Crippen LogP contribution in [0.3, 0.4) is 0 Å². The molecule has 1 saturated heterocycles. The highest BCUT2D eigenvalue weighted by molar-refractivity contribution is 7.92. The molecule has 4 atom stereocenters. The van der Waals surface area contributed by atoms with E-state index in [1.807, 2.05) is 38.1 Å². The predicted octanol–water partition coefficient (Wildman–Crippen LogP) is 6.20. The van der Waals surface area contributed by atoms with Crippen molar-refractivity contribution in [3.8, 4) is 0 Å². The van der Waals surface area contributed by atoms with Gasteiger partial charge in [-0.05, 0) is 73.0 Å². The van der Waals surface area contributed by atoms with Gasteiger partial charge >= 0.3 is 0 Å². The van der Waals surface area contributed by atoms with E-state index >= 15 is 0 Å². The lowest BCUT2D eigenvalue weighted by Gasteiger charge is -2.43. The van der Waals surface area contributed by atoms with Gasteiger partial charge in [0.1, 0.15) is 0 Å². The highest BCUT2D eigenvalue weighted by Gasteiger charge is 2.50. The largest absolute Gasteiger partial charge is 0.407 e. The number of benzene rings is 3. The Kier molecular flexibility index (Phi) is 10.9. The third-order valence-corrected chi connectivity index (χ3v) is 16.0. The van der Waals surface area contributed by atoms with E-state index in [9.17, 15) is 13.5 Å². The molecule has 0 unspecified atom stereocenters. The molecule has 42 heavy (non-hydrogen) atoms. The van der Waals surface area contributed by atoms with Crippen molar-refractivity contribution in [3.63, 3.8) is 0 Å². The molecule has 1 N–H and O–H groups in total. The molecule has 0 aromatic heterocycles. The van der Waals surface area contributed by atoms with Crippen LogP contribution in [0, 0.1) is 6.92 Å². The molecule has 1 heterocycles. The van der Waals surface area contributed by atoms with Gasteiger partial charge in [-0.2, -0.15) is 0 Å². The fraction of sp³-hybridized carbons (Fsp3) is 0.486. The van der Waals surface area contributed by atoms with Crippen LogP contribution >= 0.6 is 0 Å². The van der Waals surface area contributed by atoms with Crippen LogP contribution in [0.4, 0.5) is 0 Å². The topological polar surface area (TPSA) is 72.8 Å². The molecule has 228 valence electrons. The van der Waals surface area contributed by atoms with Crippen molar-refractivity contribution < 1.29 is 22.7 Å². The Morgan fingerprint density at radius 2 is 1.48 bits per heavy atom. The molecule has 4 rings (SSSR count). The minimum absolute atomic E-state index is 0.0958. The number of hydrogen-bond donors (Lipinski definition) is 1. The van der Waals surface area contributed by atoms with Crippen LogP contribution in [0.15, 0.2) is 89.8 Å². The maximum atomic E-state index is 13.6. The summed E-state index contributed by atoms with van der Waals surface area (Å²) in [7, 11) is -6.19. The second-order valence-electron chi connectivity index (χ2n) is 12.7. The van der Waals surface area contributed by atoms with E-state index < -0.39 is 29.5 Å². The molecule has 0 saturated carbocycles. The summed E-state index contributed by atoms with van der Waals surface area (Å²) in [6.45, 7) is 11.3. The Bertz CT molecular complexity index is 1310. The normalized spacial score (nSPS) is 22.3. The number of ether oxygens (including phenoxy) is 1. The molecule has 1 aliphatic heterocycles. The number of hydrogen-bond acceptors (Lipinski definition) is 5. The fourth-order valence-corrected chi connectivity index (χ4v) is 12.8. The molecule has 0 bridgehead atoms. The average Bonchev–Trinajstić information content (AvgIpc) is 2.96. The molecule has 0 aliphatic carbocycles. The lowest BCUT2D eigenvalue weighted by molar-refractivity contribution is -0.0944. The molecule has 7 heteroatoms. The molecule has 1 fully saturated rings. The van der Waals surface area contributed by atoms with Gasteiger partial charge in [0.05, 0.1) is 28.5 Å². The minimum Gasteiger partial charge on any atom is -0.407 e. The molecular weight excluding hydrogens is 561 g/mol. The zero-order valence-corrected chi connectivity index (χ0v) is 27.6. The molecular formula is C35H48O5SSi. The summed E-state index contributed by atoms with van der Waals surface area (Å²) in [5.41, 5.74) is 1.02. The molecule has 0 radical (unpaired) electrons. The summed E-state index contributed by atoms with van der Waals surface area (Å²) in [5.74, 6) is 0. The summed E-state index contributed by atoms with van der Waals surface area (Å²) in [6.07, 6.45) is 2.12. The summed E-state index contributed by atoms with van der Waals surface area (Å²) < 4.78 is 40.6. The lowest BCUT2D eigenvalue weighted by Crippen LogP contribution is -2.66. The first-order valence-corrected chi connectivity index (χ1v) is 18.8. The van der Waals surface area contributed by atoms with Gasteiger partial charge in [0.25, 0.3) is 8.32 Å². The first-order valence-electron chi connectivity index (χ1n) is 15.4. The van der Waals surface area contributed by atoms with E-state index in [-0.39, 0.29) is 23.7 Å². The molecule has 5 nitrogen and oxygen atoms in total. The molecule has 3 aromatic carbocycles. The number of aliphatic hydroxyl groups is 1. The van der Waals surface area contributed by atoms with Crippen molar-refractivity contribution in [2.45, 2.75) is 107 Å². The van der Waals surface area contributed by atoms with Crippen molar-refractivity contribution in [2.24, 2.45) is 0 Å². The van der Waals surface area contributed by atoms with Crippen LogP contribution in [0.5, 0.6) is 0 Å². The van der Waals surface area contributed by atoms with Gasteiger partial charge in [0, 0.05) is 6.61 Å². The van der Waals surface area contributed by atoms with Gasteiger partial charge in [0.15, 0.2) is 9.84 Å². The Morgan fingerprint density at radius 3 is 2.00 bits per heavy atom. The van der Waals surface area contributed by atoms with E-state index in [1.165, 1.54) is 10.4 Å². The number of rotatable bonds is 10. The van der Waals surface area contributed by atoms with Crippen LogP contribution in [0.1, 0.15) is 71.8 Å². The van der Waals surface area contributed by atoms with Crippen molar-refractivity contribution in [1.29, 1.82) is 0 Å². The molecule has 0 amide bonds. The van der Waals surface area contributed by atoms with Crippen molar-refractivity contribution in [2.75, 3.05) is 6.61 Å². The standard InChI is InChI=1S/C35H48O5SSi/c1-6-34-33(36)26-30(41(37,38)29-22-19-27(2)20-23-29)24-21-28(40-34)14-13-25-39-42(35(3,4)5,31-15-9-7-10-16-31)32-17-11-8-12-18-32/h7-12,15-20,22-23,28,30,33-34,36H,6,13-14,21,24-26H2,1-5H3/t28-,30+,33+,34-/m0/s1. The number of aryl methyl sites for hydroxylation is 1. The molecule has 3 aromatic rings. The van der Waals surface area contributed by atoms with Gasteiger partial charge in [-0.1, -0.05) is 106 Å². The Morgan fingerprint density at radius 1 is 0.905 bits per heavy atom. The van der Waals surface area contributed by atoms with E-state index in [0.717, 1.165) is 18.4 Å². The van der Waals surface area contributed by atoms with Crippen LogP contribution in [-0.2, 0) is 19.0 Å².